The number of nitrogens with zero attached hydrogens (tertiary/aromatic N) is 2. The van der Waals surface area contributed by atoms with Crippen molar-refractivity contribution in [2.45, 2.75) is 6.92 Å². The van der Waals surface area contributed by atoms with Crippen LogP contribution in [-0.4, -0.2) is 28.4 Å². The lowest BCUT2D eigenvalue weighted by atomic mass is 10.2. The predicted molar refractivity (Wildman–Crippen MR) is 129 cm³/mol. The van der Waals surface area contributed by atoms with Gasteiger partial charge in [-0.25, -0.2) is 4.98 Å². The molecule has 0 aliphatic heterocycles. The topological polar surface area (TPSA) is 93.2 Å². The fraction of sp³-hybridized carbons (Fsp3) is 0.0769. The number of benzene rings is 3. The van der Waals surface area contributed by atoms with E-state index in [2.05, 4.69) is 20.6 Å². The first kappa shape index (κ1) is 21.7. The first-order valence-electron chi connectivity index (χ1n) is 10.5. The Hall–Kier alpha value is -4.52. The third kappa shape index (κ3) is 5.80. The molecule has 0 aliphatic carbocycles. The standard InChI is InChI=1S/C26H22N4O3/c1-2-33-22-14-11-20(12-15-22)30-26(32)18-7-9-19(10-8-18)29-25(31)16-13-21-17-27-23-5-3-4-6-24(23)28-21/h3-17H,2H2,1H3,(H,29,31)(H,30,32)/b16-13+. The largest absolute Gasteiger partial charge is 0.494 e. The van der Waals surface area contributed by atoms with Gasteiger partial charge in [-0.1, -0.05) is 12.1 Å². The summed E-state index contributed by atoms with van der Waals surface area (Å²) in [7, 11) is 0. The van der Waals surface area contributed by atoms with E-state index in [4.69, 9.17) is 4.74 Å². The Bertz CT molecular complexity index is 1300. The van der Waals surface area contributed by atoms with Crippen LogP contribution in [0.3, 0.4) is 0 Å². The van der Waals surface area contributed by atoms with Crippen LogP contribution in [0.1, 0.15) is 23.0 Å². The molecule has 164 valence electrons. The maximum Gasteiger partial charge on any atom is 0.255 e. The molecule has 1 heterocycles. The first-order chi connectivity index (χ1) is 16.1. The van der Waals surface area contributed by atoms with E-state index < -0.39 is 0 Å². The number of ether oxygens (including phenoxy) is 1. The number of anilines is 2. The molecule has 0 atom stereocenters. The zero-order valence-electron chi connectivity index (χ0n) is 18.0. The number of rotatable bonds is 7. The van der Waals surface area contributed by atoms with Crippen LogP contribution in [0.15, 0.2) is 85.1 Å². The van der Waals surface area contributed by atoms with Crippen LogP contribution in [-0.2, 0) is 4.79 Å². The predicted octanol–water partition coefficient (Wildman–Crippen LogP) is 4.93. The zero-order chi connectivity index (χ0) is 23.0. The Balaban J connectivity index is 1.33. The van der Waals surface area contributed by atoms with E-state index in [1.165, 1.54) is 6.08 Å². The van der Waals surface area contributed by atoms with Crippen molar-refractivity contribution >= 4 is 40.3 Å². The highest BCUT2D eigenvalue weighted by Crippen LogP contribution is 2.17. The monoisotopic (exact) mass is 438 g/mol. The number of fused-ring (bicyclic) bond motifs is 1. The lowest BCUT2D eigenvalue weighted by Gasteiger charge is -2.08. The van der Waals surface area contributed by atoms with Crippen LogP contribution in [0.2, 0.25) is 0 Å². The number of hydrogen-bond acceptors (Lipinski definition) is 5. The van der Waals surface area contributed by atoms with Crippen molar-refractivity contribution in [3.63, 3.8) is 0 Å². The quantitative estimate of drug-likeness (QED) is 0.399. The molecular weight excluding hydrogens is 416 g/mol. The smallest absolute Gasteiger partial charge is 0.255 e. The Morgan fingerprint density at radius 1 is 0.879 bits per heavy atom. The highest BCUT2D eigenvalue weighted by Gasteiger charge is 2.07. The van der Waals surface area contributed by atoms with Crippen LogP contribution in [0, 0.1) is 0 Å². The van der Waals surface area contributed by atoms with E-state index in [9.17, 15) is 9.59 Å². The van der Waals surface area contributed by atoms with Crippen molar-refractivity contribution in [3.8, 4) is 5.75 Å². The average molecular weight is 438 g/mol. The average Bonchev–Trinajstić information content (AvgIpc) is 2.84. The molecule has 2 N–H and O–H groups in total. The zero-order valence-corrected chi connectivity index (χ0v) is 18.0. The number of amides is 2. The summed E-state index contributed by atoms with van der Waals surface area (Å²) in [6.45, 7) is 2.50. The SMILES string of the molecule is CCOc1ccc(NC(=O)c2ccc(NC(=O)/C=C/c3cnc4ccccc4n3)cc2)cc1. The molecule has 0 bridgehead atoms. The molecule has 2 amide bonds. The molecule has 0 fully saturated rings. The molecular formula is C26H22N4O3. The second kappa shape index (κ2) is 10.2. The summed E-state index contributed by atoms with van der Waals surface area (Å²) in [5.74, 6) is 0.195. The van der Waals surface area contributed by atoms with Gasteiger partial charge in [0.2, 0.25) is 5.91 Å². The van der Waals surface area contributed by atoms with Gasteiger partial charge in [-0.2, -0.15) is 0 Å². The number of aromatic nitrogens is 2. The van der Waals surface area contributed by atoms with Gasteiger partial charge in [-0.3, -0.25) is 14.6 Å². The first-order valence-corrected chi connectivity index (χ1v) is 10.5. The van der Waals surface area contributed by atoms with Gasteiger partial charge in [0.05, 0.1) is 29.5 Å². The fourth-order valence-corrected chi connectivity index (χ4v) is 3.11. The molecule has 1 aromatic heterocycles. The van der Waals surface area contributed by atoms with E-state index in [-0.39, 0.29) is 11.8 Å². The summed E-state index contributed by atoms with van der Waals surface area (Å²) in [5, 5.41) is 5.60. The lowest BCUT2D eigenvalue weighted by Crippen LogP contribution is -2.12. The van der Waals surface area contributed by atoms with Gasteiger partial charge in [0, 0.05) is 23.0 Å². The van der Waals surface area contributed by atoms with Gasteiger partial charge in [0.15, 0.2) is 0 Å². The van der Waals surface area contributed by atoms with Crippen molar-refractivity contribution in [2.24, 2.45) is 0 Å². The summed E-state index contributed by atoms with van der Waals surface area (Å²) >= 11 is 0. The van der Waals surface area contributed by atoms with Crippen molar-refractivity contribution in [1.82, 2.24) is 9.97 Å². The maximum atomic E-state index is 12.5. The molecule has 0 aliphatic rings. The molecule has 7 heteroatoms. The van der Waals surface area contributed by atoms with Crippen molar-refractivity contribution in [2.75, 3.05) is 17.2 Å². The van der Waals surface area contributed by atoms with Gasteiger partial charge in [0.1, 0.15) is 5.75 Å². The molecule has 7 nitrogen and oxygen atoms in total. The van der Waals surface area contributed by atoms with Crippen molar-refractivity contribution in [3.05, 3.63) is 96.3 Å². The highest BCUT2D eigenvalue weighted by atomic mass is 16.5. The summed E-state index contributed by atoms with van der Waals surface area (Å²) in [4.78, 5) is 33.5. The molecule has 4 rings (SSSR count). The Morgan fingerprint density at radius 3 is 2.27 bits per heavy atom. The van der Waals surface area contributed by atoms with E-state index in [0.717, 1.165) is 16.8 Å². The summed E-state index contributed by atoms with van der Waals surface area (Å²) in [6.07, 6.45) is 4.61. The Labute approximate surface area is 191 Å². The van der Waals surface area contributed by atoms with Gasteiger partial charge in [-0.05, 0) is 73.7 Å². The van der Waals surface area contributed by atoms with Crippen LogP contribution in [0.5, 0.6) is 5.75 Å². The summed E-state index contributed by atoms with van der Waals surface area (Å²) in [5.41, 5.74) is 3.87. The molecule has 33 heavy (non-hydrogen) atoms. The third-order valence-corrected chi connectivity index (χ3v) is 4.71. The van der Waals surface area contributed by atoms with E-state index >= 15 is 0 Å². The van der Waals surface area contributed by atoms with E-state index in [0.29, 0.717) is 29.2 Å². The molecule has 3 aromatic carbocycles. The fourth-order valence-electron chi connectivity index (χ4n) is 3.11. The van der Waals surface area contributed by atoms with Gasteiger partial charge < -0.3 is 15.4 Å². The molecule has 0 unspecified atom stereocenters. The number of para-hydroxylation sites is 2. The highest BCUT2D eigenvalue weighted by molar-refractivity contribution is 6.05. The van der Waals surface area contributed by atoms with Gasteiger partial charge >= 0.3 is 0 Å². The molecule has 4 aromatic rings. The van der Waals surface area contributed by atoms with Crippen LogP contribution in [0.4, 0.5) is 11.4 Å². The molecule has 0 saturated heterocycles. The van der Waals surface area contributed by atoms with Crippen molar-refractivity contribution in [1.29, 1.82) is 0 Å². The summed E-state index contributed by atoms with van der Waals surface area (Å²) < 4.78 is 5.40. The maximum absolute atomic E-state index is 12.5. The van der Waals surface area contributed by atoms with Crippen LogP contribution >= 0.6 is 0 Å². The minimum atomic E-state index is -0.309. The van der Waals surface area contributed by atoms with E-state index in [1.54, 1.807) is 60.8 Å². The van der Waals surface area contributed by atoms with E-state index in [1.807, 2.05) is 31.2 Å². The molecule has 0 radical (unpaired) electrons. The lowest BCUT2D eigenvalue weighted by molar-refractivity contribution is -0.111. The second-order valence-electron chi connectivity index (χ2n) is 7.10. The van der Waals surface area contributed by atoms with Crippen LogP contribution in [0.25, 0.3) is 17.1 Å². The minimum Gasteiger partial charge on any atom is -0.494 e. The number of nitrogens with one attached hydrogen (secondary N) is 2. The van der Waals surface area contributed by atoms with Gasteiger partial charge in [-0.15, -0.1) is 0 Å². The van der Waals surface area contributed by atoms with Crippen molar-refractivity contribution < 1.29 is 14.3 Å². The van der Waals surface area contributed by atoms with Gasteiger partial charge in [0.25, 0.3) is 5.91 Å². The Kier molecular flexibility index (Phi) is 6.70. The third-order valence-electron chi connectivity index (χ3n) is 4.71. The number of hydrogen-bond donors (Lipinski definition) is 2. The Morgan fingerprint density at radius 2 is 1.55 bits per heavy atom. The van der Waals surface area contributed by atoms with Crippen LogP contribution < -0.4 is 15.4 Å². The normalized spacial score (nSPS) is 10.8. The minimum absolute atomic E-state index is 0.244. The number of carbonyl (C=O) groups excluding carboxylic acids is 2. The number of carbonyl (C=O) groups is 2. The second-order valence-corrected chi connectivity index (χ2v) is 7.10. The molecule has 0 saturated carbocycles. The summed E-state index contributed by atoms with van der Waals surface area (Å²) in [6, 6.07) is 21.3. The molecule has 0 spiro atoms.